The fourth-order valence-electron chi connectivity index (χ4n) is 1.87. The molecular weight excluding hydrogens is 276 g/mol. The lowest BCUT2D eigenvalue weighted by Crippen LogP contribution is -2.04. The van der Waals surface area contributed by atoms with Gasteiger partial charge in [-0.25, -0.2) is 0 Å². The molecule has 5 heteroatoms. The lowest BCUT2D eigenvalue weighted by Gasteiger charge is -2.07. The molecule has 0 aliphatic carbocycles. The van der Waals surface area contributed by atoms with Crippen molar-refractivity contribution >= 4 is 18.9 Å². The number of methoxy groups -OCH3 is 1. The monoisotopic (exact) mass is 290 g/mol. The Morgan fingerprint density at radius 3 is 2.65 bits per heavy atom. The number of esters is 1. The molecule has 0 atom stereocenters. The van der Waals surface area contributed by atoms with Crippen molar-refractivity contribution in [3.05, 3.63) is 48.0 Å². The Kier molecular flexibility index (Phi) is 4.53. The number of rotatable bonds is 4. The second-order valence-electron chi connectivity index (χ2n) is 4.23. The molecule has 0 amide bonds. The Bertz CT molecular complexity index is 625. The Morgan fingerprint density at radius 2 is 1.95 bits per heavy atom. The lowest BCUT2D eigenvalue weighted by molar-refractivity contribution is -0.139. The van der Waals surface area contributed by atoms with Crippen LogP contribution in [0.4, 0.5) is 0 Å². The Hall–Kier alpha value is -2.14. The lowest BCUT2D eigenvalue weighted by atomic mass is 10.0. The molecule has 4 nitrogen and oxygen atoms in total. The molecule has 0 aliphatic rings. The number of phenolic OH excluding ortho intramolecular Hbond substituents is 1. The summed E-state index contributed by atoms with van der Waals surface area (Å²) < 4.78 is 9.44. The summed E-state index contributed by atoms with van der Waals surface area (Å²) in [5, 5.41) is 9.55. The third-order valence-electron chi connectivity index (χ3n) is 2.89. The van der Waals surface area contributed by atoms with Crippen molar-refractivity contribution in [2.75, 3.05) is 7.11 Å². The molecule has 0 heterocycles. The molecule has 0 spiro atoms. The van der Waals surface area contributed by atoms with Crippen molar-refractivity contribution in [3.8, 4) is 22.6 Å². The molecule has 0 saturated heterocycles. The van der Waals surface area contributed by atoms with Gasteiger partial charge in [-0.2, -0.15) is 0 Å². The molecule has 1 N–H and O–H groups in total. The highest BCUT2D eigenvalue weighted by atomic mass is 32.1. The van der Waals surface area contributed by atoms with Crippen LogP contribution in [-0.2, 0) is 16.0 Å². The summed E-state index contributed by atoms with van der Waals surface area (Å²) in [6, 6.07) is 12.5. The van der Waals surface area contributed by atoms with E-state index in [1.807, 2.05) is 24.3 Å². The molecule has 0 aromatic heterocycles. The van der Waals surface area contributed by atoms with Gasteiger partial charge in [-0.3, -0.25) is 4.79 Å². The zero-order valence-electron chi connectivity index (χ0n) is 10.9. The van der Waals surface area contributed by atoms with Crippen LogP contribution in [0.1, 0.15) is 5.56 Å². The number of thiol groups is 1. The topological polar surface area (TPSA) is 55.8 Å². The van der Waals surface area contributed by atoms with Crippen LogP contribution in [0.2, 0.25) is 0 Å². The van der Waals surface area contributed by atoms with E-state index >= 15 is 0 Å². The van der Waals surface area contributed by atoms with Crippen LogP contribution < -0.4 is 4.18 Å². The average molecular weight is 290 g/mol. The number of ether oxygens (including phenoxy) is 1. The molecule has 0 radical (unpaired) electrons. The van der Waals surface area contributed by atoms with E-state index in [0.29, 0.717) is 0 Å². The summed E-state index contributed by atoms with van der Waals surface area (Å²) in [5.74, 6) is 0.0194. The van der Waals surface area contributed by atoms with E-state index in [1.165, 1.54) is 13.2 Å². The van der Waals surface area contributed by atoms with E-state index in [4.69, 9.17) is 4.18 Å². The van der Waals surface area contributed by atoms with Gasteiger partial charge in [-0.1, -0.05) is 30.3 Å². The van der Waals surface area contributed by atoms with Crippen molar-refractivity contribution in [1.29, 1.82) is 0 Å². The highest BCUT2D eigenvalue weighted by Gasteiger charge is 2.07. The molecule has 104 valence electrons. The van der Waals surface area contributed by atoms with Crippen molar-refractivity contribution in [2.45, 2.75) is 6.42 Å². The highest BCUT2D eigenvalue weighted by molar-refractivity contribution is 7.75. The van der Waals surface area contributed by atoms with E-state index in [9.17, 15) is 9.90 Å². The third kappa shape index (κ3) is 3.24. The zero-order valence-corrected chi connectivity index (χ0v) is 11.8. The number of benzene rings is 2. The van der Waals surface area contributed by atoms with E-state index < -0.39 is 0 Å². The van der Waals surface area contributed by atoms with E-state index in [1.54, 1.807) is 12.1 Å². The minimum Gasteiger partial charge on any atom is -0.504 e. The summed E-state index contributed by atoms with van der Waals surface area (Å²) >= 11 is 3.70. The molecule has 0 fully saturated rings. The van der Waals surface area contributed by atoms with Crippen LogP contribution in [0.3, 0.4) is 0 Å². The van der Waals surface area contributed by atoms with Crippen molar-refractivity contribution < 1.29 is 18.8 Å². The zero-order chi connectivity index (χ0) is 14.5. The average Bonchev–Trinajstić information content (AvgIpc) is 2.48. The van der Waals surface area contributed by atoms with E-state index in [0.717, 1.165) is 16.7 Å². The normalized spacial score (nSPS) is 10.1. The predicted molar refractivity (Wildman–Crippen MR) is 78.9 cm³/mol. The van der Waals surface area contributed by atoms with Crippen molar-refractivity contribution in [3.63, 3.8) is 0 Å². The highest BCUT2D eigenvalue weighted by Crippen LogP contribution is 2.32. The van der Waals surface area contributed by atoms with Gasteiger partial charge in [-0.05, 0) is 28.8 Å². The van der Waals surface area contributed by atoms with Crippen LogP contribution in [0.5, 0.6) is 11.5 Å². The first-order chi connectivity index (χ1) is 9.63. The fraction of sp³-hybridized carbons (Fsp3) is 0.133. The van der Waals surface area contributed by atoms with Crippen LogP contribution in [0.25, 0.3) is 11.1 Å². The predicted octanol–water partition coefficient (Wildman–Crippen LogP) is 3.00. The van der Waals surface area contributed by atoms with Gasteiger partial charge in [0.05, 0.1) is 13.5 Å². The van der Waals surface area contributed by atoms with Gasteiger partial charge in [0.25, 0.3) is 0 Å². The van der Waals surface area contributed by atoms with E-state index in [2.05, 4.69) is 17.6 Å². The second-order valence-corrected chi connectivity index (χ2v) is 4.41. The Morgan fingerprint density at radius 1 is 1.20 bits per heavy atom. The molecule has 0 unspecified atom stereocenters. The molecule has 20 heavy (non-hydrogen) atoms. The first-order valence-electron chi connectivity index (χ1n) is 5.94. The summed E-state index contributed by atoms with van der Waals surface area (Å²) in [7, 11) is 1.36. The third-order valence-corrected chi connectivity index (χ3v) is 3.09. The Balaban J connectivity index is 2.33. The number of hydrogen-bond donors (Lipinski definition) is 2. The van der Waals surface area contributed by atoms with Crippen LogP contribution in [0.15, 0.2) is 42.5 Å². The SMILES string of the molecule is COC(=O)Cc1cccc(-c2ccc(O)c(OS)c2)c1. The summed E-state index contributed by atoms with van der Waals surface area (Å²) in [4.78, 5) is 11.3. The van der Waals surface area contributed by atoms with Gasteiger partial charge in [0, 0.05) is 12.9 Å². The maximum atomic E-state index is 11.3. The molecule has 2 aromatic rings. The van der Waals surface area contributed by atoms with Gasteiger partial charge >= 0.3 is 5.97 Å². The number of hydrogen-bond acceptors (Lipinski definition) is 5. The molecule has 2 rings (SSSR count). The standard InChI is InChI=1S/C15H14O4S/c1-18-15(17)8-10-3-2-4-11(7-10)12-5-6-13(16)14(9-12)19-20/h2-7,9,16,20H,8H2,1H3. The largest absolute Gasteiger partial charge is 0.504 e. The van der Waals surface area contributed by atoms with E-state index in [-0.39, 0.29) is 23.9 Å². The van der Waals surface area contributed by atoms with Crippen LogP contribution >= 0.6 is 12.9 Å². The minimum atomic E-state index is -0.285. The Labute approximate surface area is 122 Å². The smallest absolute Gasteiger partial charge is 0.309 e. The number of carbonyl (C=O) groups is 1. The molecule has 0 aliphatic heterocycles. The molecule has 0 saturated carbocycles. The molecular formula is C15H14O4S. The van der Waals surface area contributed by atoms with Crippen molar-refractivity contribution in [2.24, 2.45) is 0 Å². The number of carbonyl (C=O) groups excluding carboxylic acids is 1. The summed E-state index contributed by atoms with van der Waals surface area (Å²) in [6.45, 7) is 0. The van der Waals surface area contributed by atoms with Gasteiger partial charge in [-0.15, -0.1) is 0 Å². The van der Waals surface area contributed by atoms with Gasteiger partial charge in [0.15, 0.2) is 11.5 Å². The first kappa shape index (κ1) is 14.3. The summed E-state index contributed by atoms with van der Waals surface area (Å²) in [5.41, 5.74) is 2.63. The fourth-order valence-corrected chi connectivity index (χ4v) is 2.01. The van der Waals surface area contributed by atoms with Crippen molar-refractivity contribution in [1.82, 2.24) is 0 Å². The molecule has 2 aromatic carbocycles. The minimum absolute atomic E-state index is 0.0227. The van der Waals surface area contributed by atoms with Crippen LogP contribution in [0, 0.1) is 0 Å². The number of aromatic hydroxyl groups is 1. The molecule has 0 bridgehead atoms. The quantitative estimate of drug-likeness (QED) is 0.516. The maximum absolute atomic E-state index is 11.3. The van der Waals surface area contributed by atoms with Gasteiger partial charge in [0.1, 0.15) is 0 Å². The first-order valence-corrected chi connectivity index (χ1v) is 6.31. The van der Waals surface area contributed by atoms with Crippen LogP contribution in [-0.4, -0.2) is 18.2 Å². The van der Waals surface area contributed by atoms with Gasteiger partial charge < -0.3 is 14.0 Å². The maximum Gasteiger partial charge on any atom is 0.309 e. The van der Waals surface area contributed by atoms with Gasteiger partial charge in [0.2, 0.25) is 0 Å². The second kappa shape index (κ2) is 6.34. The summed E-state index contributed by atoms with van der Waals surface area (Å²) in [6.07, 6.45) is 0.221. The number of phenols is 1.